The molecule has 0 saturated carbocycles. The van der Waals surface area contributed by atoms with Crippen molar-refractivity contribution in [1.82, 2.24) is 4.90 Å². The van der Waals surface area contributed by atoms with Gasteiger partial charge >= 0.3 is 0 Å². The minimum atomic E-state index is -0.683. The predicted octanol–water partition coefficient (Wildman–Crippen LogP) is -2.10. The highest BCUT2D eigenvalue weighted by atomic mass is 16.3. The molecule has 2 atom stereocenters. The molecule has 1 aliphatic heterocycles. The van der Waals surface area contributed by atoms with Crippen LogP contribution in [0.15, 0.2) is 0 Å². The number of likely N-dealkylation sites (tertiary alicyclic amines) is 1. The predicted molar refractivity (Wildman–Crippen MR) is 42.3 cm³/mol. The van der Waals surface area contributed by atoms with Crippen LogP contribution in [0.4, 0.5) is 0 Å². The van der Waals surface area contributed by atoms with Gasteiger partial charge in [0.05, 0.1) is 12.2 Å². The van der Waals surface area contributed by atoms with E-state index < -0.39 is 12.2 Å². The maximum absolute atomic E-state index is 10.4. The monoisotopic (exact) mass is 174 g/mol. The van der Waals surface area contributed by atoms with Crippen molar-refractivity contribution < 1.29 is 15.0 Å². The molecule has 0 radical (unpaired) electrons. The molecule has 0 aromatic rings. The van der Waals surface area contributed by atoms with Gasteiger partial charge < -0.3 is 15.9 Å². The van der Waals surface area contributed by atoms with E-state index in [1.54, 1.807) is 0 Å². The second-order valence-electron chi connectivity index (χ2n) is 3.11. The molecule has 5 nitrogen and oxygen atoms in total. The average Bonchev–Trinajstić information content (AvgIpc) is 2.28. The summed E-state index contributed by atoms with van der Waals surface area (Å²) in [5, 5.41) is 18.3. The Kier molecular flexibility index (Phi) is 3.02. The van der Waals surface area contributed by atoms with Gasteiger partial charge in [-0.2, -0.15) is 0 Å². The first kappa shape index (κ1) is 9.44. The number of aliphatic hydroxyl groups is 2. The second-order valence-corrected chi connectivity index (χ2v) is 3.11. The van der Waals surface area contributed by atoms with Crippen molar-refractivity contribution in [3.05, 3.63) is 0 Å². The molecule has 0 aliphatic carbocycles. The fourth-order valence-corrected chi connectivity index (χ4v) is 1.30. The maximum atomic E-state index is 10.4. The highest BCUT2D eigenvalue weighted by molar-refractivity contribution is 5.73. The third kappa shape index (κ3) is 2.44. The Morgan fingerprint density at radius 2 is 1.92 bits per heavy atom. The normalized spacial score (nSPS) is 30.8. The van der Waals surface area contributed by atoms with E-state index in [1.807, 2.05) is 4.90 Å². The van der Waals surface area contributed by atoms with Crippen molar-refractivity contribution in [1.29, 1.82) is 0 Å². The quantitative estimate of drug-likeness (QED) is 0.457. The molecule has 0 bridgehead atoms. The van der Waals surface area contributed by atoms with E-state index in [-0.39, 0.29) is 12.3 Å². The molecule has 5 heteroatoms. The van der Waals surface area contributed by atoms with Gasteiger partial charge in [-0.15, -0.1) is 0 Å². The summed E-state index contributed by atoms with van der Waals surface area (Å²) < 4.78 is 0. The van der Waals surface area contributed by atoms with Crippen LogP contribution in [0.2, 0.25) is 0 Å². The van der Waals surface area contributed by atoms with Gasteiger partial charge in [-0.05, 0) is 0 Å². The molecule has 2 unspecified atom stereocenters. The number of nitrogens with two attached hydrogens (primary N) is 1. The molecule has 70 valence electrons. The van der Waals surface area contributed by atoms with Gasteiger partial charge in [-0.3, -0.25) is 9.69 Å². The number of β-amino-alcohol motifs (C(OH)–C–C–N with tert-alkyl or cyclic N) is 2. The Hall–Kier alpha value is -0.650. The number of hydrogen-bond acceptors (Lipinski definition) is 4. The first-order chi connectivity index (χ1) is 5.59. The van der Waals surface area contributed by atoms with E-state index >= 15 is 0 Å². The highest BCUT2D eigenvalue weighted by Gasteiger charge is 2.28. The van der Waals surface area contributed by atoms with E-state index in [9.17, 15) is 4.79 Å². The number of aliphatic hydroxyl groups excluding tert-OH is 2. The number of nitrogens with zero attached hydrogens (tertiary/aromatic N) is 1. The molecule has 0 spiro atoms. The number of carbonyl (C=O) groups is 1. The van der Waals surface area contributed by atoms with Crippen LogP contribution in [-0.4, -0.2) is 52.9 Å². The van der Waals surface area contributed by atoms with E-state index in [0.717, 1.165) is 0 Å². The summed E-state index contributed by atoms with van der Waals surface area (Å²) in [4.78, 5) is 12.2. The Morgan fingerprint density at radius 3 is 2.33 bits per heavy atom. The van der Waals surface area contributed by atoms with E-state index in [4.69, 9.17) is 15.9 Å². The van der Waals surface area contributed by atoms with Crippen LogP contribution in [0.3, 0.4) is 0 Å². The smallest absolute Gasteiger partial charge is 0.218 e. The van der Waals surface area contributed by atoms with Crippen molar-refractivity contribution >= 4 is 5.91 Å². The Morgan fingerprint density at radius 1 is 1.42 bits per heavy atom. The van der Waals surface area contributed by atoms with Crippen LogP contribution in [0, 0.1) is 0 Å². The van der Waals surface area contributed by atoms with Gasteiger partial charge in [0, 0.05) is 26.1 Å². The molecule has 1 heterocycles. The van der Waals surface area contributed by atoms with Crippen LogP contribution in [-0.2, 0) is 4.79 Å². The van der Waals surface area contributed by atoms with Crippen LogP contribution in [0.25, 0.3) is 0 Å². The fourth-order valence-electron chi connectivity index (χ4n) is 1.30. The van der Waals surface area contributed by atoms with Crippen molar-refractivity contribution in [3.8, 4) is 0 Å². The van der Waals surface area contributed by atoms with Gasteiger partial charge in [0.25, 0.3) is 0 Å². The molecule has 1 aliphatic rings. The standard InChI is InChI=1S/C7H14N2O3/c8-7(12)1-2-9-3-5(10)6(11)4-9/h5-6,10-11H,1-4H2,(H2,8,12). The molecule has 0 aromatic heterocycles. The Balaban J connectivity index is 2.23. The minimum absolute atomic E-state index is 0.277. The minimum Gasteiger partial charge on any atom is -0.389 e. The molecule has 1 rings (SSSR count). The Labute approximate surface area is 70.8 Å². The molecule has 1 fully saturated rings. The zero-order valence-electron chi connectivity index (χ0n) is 6.81. The zero-order chi connectivity index (χ0) is 9.14. The van der Waals surface area contributed by atoms with Crippen LogP contribution in [0.5, 0.6) is 0 Å². The summed E-state index contributed by atoms with van der Waals surface area (Å²) in [6, 6.07) is 0. The lowest BCUT2D eigenvalue weighted by Gasteiger charge is -2.12. The van der Waals surface area contributed by atoms with Crippen LogP contribution in [0.1, 0.15) is 6.42 Å². The third-order valence-corrected chi connectivity index (χ3v) is 2.01. The SMILES string of the molecule is NC(=O)CCN1CC(O)C(O)C1. The van der Waals surface area contributed by atoms with E-state index in [2.05, 4.69) is 0 Å². The van der Waals surface area contributed by atoms with Gasteiger partial charge in [0.15, 0.2) is 0 Å². The fraction of sp³-hybridized carbons (Fsp3) is 0.857. The van der Waals surface area contributed by atoms with Gasteiger partial charge in [0.1, 0.15) is 0 Å². The van der Waals surface area contributed by atoms with Crippen LogP contribution < -0.4 is 5.73 Å². The first-order valence-corrected chi connectivity index (χ1v) is 3.96. The average molecular weight is 174 g/mol. The van der Waals surface area contributed by atoms with E-state index in [0.29, 0.717) is 19.6 Å². The Bertz CT molecular complexity index is 164. The summed E-state index contributed by atoms with van der Waals surface area (Å²) in [6.45, 7) is 1.37. The molecular formula is C7H14N2O3. The molecule has 0 aromatic carbocycles. The molecule has 1 saturated heterocycles. The highest BCUT2D eigenvalue weighted by Crippen LogP contribution is 2.09. The van der Waals surface area contributed by atoms with Crippen molar-refractivity contribution in [2.24, 2.45) is 5.73 Å². The third-order valence-electron chi connectivity index (χ3n) is 2.01. The maximum Gasteiger partial charge on any atom is 0.218 e. The lowest BCUT2D eigenvalue weighted by atomic mass is 10.3. The molecular weight excluding hydrogens is 160 g/mol. The number of amides is 1. The summed E-state index contributed by atoms with van der Waals surface area (Å²) >= 11 is 0. The number of rotatable bonds is 3. The van der Waals surface area contributed by atoms with Crippen LogP contribution >= 0.6 is 0 Å². The lowest BCUT2D eigenvalue weighted by molar-refractivity contribution is -0.118. The molecule has 4 N–H and O–H groups in total. The summed E-state index contributed by atoms with van der Waals surface area (Å²) in [6.07, 6.45) is -1.09. The zero-order valence-corrected chi connectivity index (χ0v) is 6.81. The summed E-state index contributed by atoms with van der Waals surface area (Å²) in [5.74, 6) is -0.356. The van der Waals surface area contributed by atoms with Crippen molar-refractivity contribution in [2.45, 2.75) is 18.6 Å². The van der Waals surface area contributed by atoms with Gasteiger partial charge in [-0.1, -0.05) is 0 Å². The number of carbonyl (C=O) groups excluding carboxylic acids is 1. The summed E-state index contributed by atoms with van der Waals surface area (Å²) in [7, 11) is 0. The molecule has 1 amide bonds. The largest absolute Gasteiger partial charge is 0.389 e. The number of primary amides is 1. The van der Waals surface area contributed by atoms with Crippen molar-refractivity contribution in [2.75, 3.05) is 19.6 Å². The molecule has 12 heavy (non-hydrogen) atoms. The second kappa shape index (κ2) is 3.84. The van der Waals surface area contributed by atoms with Gasteiger partial charge in [0.2, 0.25) is 5.91 Å². The first-order valence-electron chi connectivity index (χ1n) is 3.96. The van der Waals surface area contributed by atoms with Gasteiger partial charge in [-0.25, -0.2) is 0 Å². The lowest BCUT2D eigenvalue weighted by Crippen LogP contribution is -2.27. The topological polar surface area (TPSA) is 86.8 Å². The van der Waals surface area contributed by atoms with Crippen molar-refractivity contribution in [3.63, 3.8) is 0 Å². The number of hydrogen-bond donors (Lipinski definition) is 3. The summed E-state index contributed by atoms with van der Waals surface area (Å²) in [5.41, 5.74) is 4.95. The van der Waals surface area contributed by atoms with E-state index in [1.165, 1.54) is 0 Å².